The van der Waals surface area contributed by atoms with Crippen LogP contribution in [0.15, 0.2) is 30.0 Å². The molecule has 2 aliphatic rings. The first-order chi connectivity index (χ1) is 12.0. The van der Waals surface area contributed by atoms with E-state index in [2.05, 4.69) is 35.5 Å². The zero-order valence-corrected chi connectivity index (χ0v) is 15.3. The van der Waals surface area contributed by atoms with Crippen molar-refractivity contribution in [2.24, 2.45) is 0 Å². The molecule has 0 spiro atoms. The van der Waals surface area contributed by atoms with E-state index in [0.717, 1.165) is 43.1 Å². The molecule has 1 aliphatic carbocycles. The summed E-state index contributed by atoms with van der Waals surface area (Å²) in [5.41, 5.74) is 1.25. The molecule has 1 aliphatic heterocycles. The third kappa shape index (κ3) is 3.06. The normalized spacial score (nSPS) is 25.8. The van der Waals surface area contributed by atoms with Gasteiger partial charge in [0.2, 0.25) is 0 Å². The number of ether oxygens (including phenoxy) is 3. The molecule has 2 atom stereocenters. The van der Waals surface area contributed by atoms with Gasteiger partial charge in [0.15, 0.2) is 11.5 Å². The van der Waals surface area contributed by atoms with Crippen LogP contribution in [0.4, 0.5) is 4.79 Å². The van der Waals surface area contributed by atoms with Crippen molar-refractivity contribution in [3.8, 4) is 11.5 Å². The van der Waals surface area contributed by atoms with Crippen LogP contribution in [0.5, 0.6) is 11.5 Å². The van der Waals surface area contributed by atoms with Gasteiger partial charge in [0.1, 0.15) is 5.76 Å². The Balaban J connectivity index is 1.96. The number of carbonyl (C=O) groups is 1. The molecule has 1 aromatic rings. The average molecular weight is 346 g/mol. The maximum Gasteiger partial charge on any atom is 0.412 e. The summed E-state index contributed by atoms with van der Waals surface area (Å²) in [7, 11) is 7.00. The molecular weight excluding hydrogens is 320 g/mol. The Bertz CT molecular complexity index is 688. The smallest absolute Gasteiger partial charge is 0.412 e. The largest absolute Gasteiger partial charge is 0.493 e. The zero-order chi connectivity index (χ0) is 18.0. The number of amides is 1. The van der Waals surface area contributed by atoms with Gasteiger partial charge in [0, 0.05) is 24.9 Å². The minimum atomic E-state index is -0.412. The van der Waals surface area contributed by atoms with Crippen LogP contribution in [0.2, 0.25) is 0 Å². The number of nitrogens with one attached hydrogen (secondary N) is 1. The predicted octanol–water partition coefficient (Wildman–Crippen LogP) is 2.68. The van der Waals surface area contributed by atoms with Gasteiger partial charge in [-0.2, -0.15) is 0 Å². The van der Waals surface area contributed by atoms with Gasteiger partial charge in [-0.3, -0.25) is 4.90 Å². The molecule has 1 amide bonds. The van der Waals surface area contributed by atoms with Crippen molar-refractivity contribution in [3.63, 3.8) is 0 Å². The Morgan fingerprint density at radius 1 is 1.24 bits per heavy atom. The van der Waals surface area contributed by atoms with E-state index in [1.165, 1.54) is 5.56 Å². The molecule has 0 radical (unpaired) electrons. The average Bonchev–Trinajstić information content (AvgIpc) is 2.98. The topological polar surface area (TPSA) is 60.0 Å². The molecule has 1 N–H and O–H groups in total. The van der Waals surface area contributed by atoms with E-state index in [0.29, 0.717) is 0 Å². The number of hydrogen-bond donors (Lipinski definition) is 1. The second kappa shape index (κ2) is 6.96. The molecule has 136 valence electrons. The maximum absolute atomic E-state index is 11.5. The number of benzene rings is 1. The van der Waals surface area contributed by atoms with Gasteiger partial charge in [0.25, 0.3) is 0 Å². The first-order valence-electron chi connectivity index (χ1n) is 8.57. The summed E-state index contributed by atoms with van der Waals surface area (Å²) in [5, 5.41) is 2.51. The summed E-state index contributed by atoms with van der Waals surface area (Å²) in [5.74, 6) is 2.23. The molecule has 1 aromatic carbocycles. The predicted molar refractivity (Wildman–Crippen MR) is 95.1 cm³/mol. The molecule has 6 heteroatoms. The number of likely N-dealkylation sites (tertiary alicyclic amines) is 1. The monoisotopic (exact) mass is 346 g/mol. The molecule has 0 bridgehead atoms. The molecule has 1 heterocycles. The highest BCUT2D eigenvalue weighted by Gasteiger charge is 2.48. The van der Waals surface area contributed by atoms with E-state index in [4.69, 9.17) is 14.2 Å². The van der Waals surface area contributed by atoms with Crippen molar-refractivity contribution >= 4 is 6.09 Å². The van der Waals surface area contributed by atoms with E-state index in [9.17, 15) is 4.79 Å². The molecule has 0 saturated carbocycles. The van der Waals surface area contributed by atoms with Crippen molar-refractivity contribution in [3.05, 3.63) is 35.6 Å². The number of allylic oxidation sites excluding steroid dienone is 1. The zero-order valence-electron chi connectivity index (χ0n) is 15.3. The molecular formula is C19H26N2O4. The van der Waals surface area contributed by atoms with Gasteiger partial charge in [-0.05, 0) is 50.2 Å². The fraction of sp³-hybridized carbons (Fsp3) is 0.526. The van der Waals surface area contributed by atoms with Crippen LogP contribution in [0, 0.1) is 0 Å². The van der Waals surface area contributed by atoms with Gasteiger partial charge >= 0.3 is 6.09 Å². The van der Waals surface area contributed by atoms with Crippen molar-refractivity contribution in [2.75, 3.05) is 34.9 Å². The van der Waals surface area contributed by atoms with Crippen LogP contribution in [-0.2, 0) is 10.2 Å². The van der Waals surface area contributed by atoms with Crippen LogP contribution in [-0.4, -0.2) is 51.9 Å². The third-order valence-electron chi connectivity index (χ3n) is 5.50. The molecule has 1 saturated heterocycles. The second-order valence-corrected chi connectivity index (χ2v) is 6.67. The quantitative estimate of drug-likeness (QED) is 0.908. The van der Waals surface area contributed by atoms with Gasteiger partial charge in [-0.1, -0.05) is 6.07 Å². The lowest BCUT2D eigenvalue weighted by atomic mass is 9.68. The molecule has 25 heavy (non-hydrogen) atoms. The lowest BCUT2D eigenvalue weighted by Gasteiger charge is -2.40. The summed E-state index contributed by atoms with van der Waals surface area (Å²) < 4.78 is 16.3. The molecule has 0 aromatic heterocycles. The highest BCUT2D eigenvalue weighted by atomic mass is 16.6. The number of carbonyl (C=O) groups excluding carboxylic acids is 1. The van der Waals surface area contributed by atoms with Crippen molar-refractivity contribution in [2.45, 2.75) is 30.7 Å². The second-order valence-electron chi connectivity index (χ2n) is 6.67. The van der Waals surface area contributed by atoms with E-state index >= 15 is 0 Å². The highest BCUT2D eigenvalue weighted by Crippen LogP contribution is 2.49. The number of fused-ring (bicyclic) bond motifs is 1. The van der Waals surface area contributed by atoms with Crippen LogP contribution >= 0.6 is 0 Å². The summed E-state index contributed by atoms with van der Waals surface area (Å²) in [4.78, 5) is 13.9. The summed E-state index contributed by atoms with van der Waals surface area (Å²) in [6, 6.07) is 6.38. The number of likely N-dealkylation sites (N-methyl/N-ethyl adjacent to an activating group) is 1. The number of rotatable bonds is 4. The first-order valence-corrected chi connectivity index (χ1v) is 8.57. The Hall–Kier alpha value is -2.21. The first kappa shape index (κ1) is 17.6. The van der Waals surface area contributed by atoms with Crippen LogP contribution in [0.1, 0.15) is 24.8 Å². The molecule has 2 unspecified atom stereocenters. The minimum absolute atomic E-state index is 0.00382. The van der Waals surface area contributed by atoms with Gasteiger partial charge < -0.3 is 19.5 Å². The van der Waals surface area contributed by atoms with Crippen LogP contribution < -0.4 is 14.8 Å². The van der Waals surface area contributed by atoms with Crippen molar-refractivity contribution < 1.29 is 19.0 Å². The van der Waals surface area contributed by atoms with E-state index in [1.54, 1.807) is 21.3 Å². The summed E-state index contributed by atoms with van der Waals surface area (Å²) >= 11 is 0. The third-order valence-corrected chi connectivity index (χ3v) is 5.50. The Kier molecular flexibility index (Phi) is 4.90. The highest BCUT2D eigenvalue weighted by molar-refractivity contribution is 5.68. The number of nitrogens with zero attached hydrogens (tertiary/aromatic N) is 1. The summed E-state index contributed by atoms with van der Waals surface area (Å²) in [6.07, 6.45) is 4.42. The fourth-order valence-corrected chi connectivity index (χ4v) is 4.11. The van der Waals surface area contributed by atoms with Gasteiger partial charge in [-0.25, -0.2) is 4.79 Å². The number of alkyl carbamates (subject to hydrolysis) is 1. The Morgan fingerprint density at radius 3 is 2.68 bits per heavy atom. The van der Waals surface area contributed by atoms with E-state index < -0.39 is 6.09 Å². The summed E-state index contributed by atoms with van der Waals surface area (Å²) in [6.45, 7) is 1.00. The fourth-order valence-electron chi connectivity index (χ4n) is 4.11. The number of methoxy groups -OCH3 is 2. The van der Waals surface area contributed by atoms with Gasteiger partial charge in [0.05, 0.1) is 14.2 Å². The lowest BCUT2D eigenvalue weighted by molar-refractivity contribution is 0.163. The van der Waals surface area contributed by atoms with Crippen LogP contribution in [0.25, 0.3) is 0 Å². The minimum Gasteiger partial charge on any atom is -0.493 e. The Labute approximate surface area is 148 Å². The number of hydrogen-bond acceptors (Lipinski definition) is 5. The van der Waals surface area contributed by atoms with Crippen molar-refractivity contribution in [1.29, 1.82) is 0 Å². The SMILES string of the molecule is CNC(=O)OC1=CC2N(C)CCC2(c2ccc(OC)c(OC)c2)CC1. The molecule has 1 fully saturated rings. The Morgan fingerprint density at radius 2 is 2.00 bits per heavy atom. The maximum atomic E-state index is 11.5. The molecule has 6 nitrogen and oxygen atoms in total. The van der Waals surface area contributed by atoms with E-state index in [1.807, 2.05) is 6.07 Å². The van der Waals surface area contributed by atoms with Crippen LogP contribution in [0.3, 0.4) is 0 Å². The van der Waals surface area contributed by atoms with Gasteiger partial charge in [-0.15, -0.1) is 0 Å². The lowest BCUT2D eigenvalue weighted by Crippen LogP contribution is -2.42. The van der Waals surface area contributed by atoms with Crippen molar-refractivity contribution in [1.82, 2.24) is 10.2 Å². The van der Waals surface area contributed by atoms with E-state index in [-0.39, 0.29) is 11.5 Å². The molecule has 3 rings (SSSR count). The standard InChI is InChI=1S/C19H26N2O4/c1-20-18(22)25-14-7-8-19(9-10-21(2)17(19)12-14)13-5-6-15(23-3)16(11-13)24-4/h5-6,11-12,17H,7-10H2,1-4H3,(H,20,22).